The number of halogens is 2. The zero-order chi connectivity index (χ0) is 10.9. The van der Waals surface area contributed by atoms with E-state index in [1.54, 1.807) is 6.92 Å². The number of benzene rings is 1. The molecule has 0 aliphatic carbocycles. The van der Waals surface area contributed by atoms with E-state index in [1.807, 2.05) is 0 Å². The van der Waals surface area contributed by atoms with Crippen molar-refractivity contribution in [1.29, 1.82) is 0 Å². The molecule has 0 aliphatic rings. The normalized spacial score (nSPS) is 11.4. The summed E-state index contributed by atoms with van der Waals surface area (Å²) in [4.78, 5) is -0.530. The maximum Gasteiger partial charge on any atom is 0.333 e. The minimum Gasteiger partial charge on any atom is -0.496 e. The van der Waals surface area contributed by atoms with Crippen LogP contribution in [0.1, 0.15) is 5.56 Å². The summed E-state index contributed by atoms with van der Waals surface area (Å²) in [5.74, 6) is 0.419. The van der Waals surface area contributed by atoms with Crippen molar-refractivity contribution in [3.8, 4) is 5.75 Å². The highest BCUT2D eigenvalue weighted by Gasteiger charge is 2.19. The van der Waals surface area contributed by atoms with Gasteiger partial charge in [0, 0.05) is 5.56 Å². The van der Waals surface area contributed by atoms with Crippen LogP contribution in [0.25, 0.3) is 0 Å². The van der Waals surface area contributed by atoms with Crippen LogP contribution in [0.3, 0.4) is 0 Å². The molecule has 3 nitrogen and oxygen atoms in total. The van der Waals surface area contributed by atoms with Gasteiger partial charge in [0.2, 0.25) is 0 Å². The molecule has 0 saturated carbocycles. The summed E-state index contributed by atoms with van der Waals surface area (Å²) in [7, 11) is -3.35. The number of ether oxygens (including phenoxy) is 1. The predicted molar refractivity (Wildman–Crippen MR) is 51.0 cm³/mol. The van der Waals surface area contributed by atoms with Crippen LogP contribution < -0.4 is 4.74 Å². The van der Waals surface area contributed by atoms with Crippen LogP contribution >= 0.6 is 11.6 Å². The fraction of sp³-hybridized carbons (Fsp3) is 0.250. The summed E-state index contributed by atoms with van der Waals surface area (Å²) < 4.78 is 38.8. The van der Waals surface area contributed by atoms with Crippen molar-refractivity contribution in [3.05, 3.63) is 22.7 Å². The number of hydrogen-bond donors (Lipinski definition) is 0. The summed E-state index contributed by atoms with van der Waals surface area (Å²) in [6.07, 6.45) is 0. The van der Waals surface area contributed by atoms with E-state index in [9.17, 15) is 12.3 Å². The Bertz CT molecular complexity index is 456. The largest absolute Gasteiger partial charge is 0.496 e. The third kappa shape index (κ3) is 1.99. The zero-order valence-electron chi connectivity index (χ0n) is 7.54. The first-order chi connectivity index (χ1) is 6.38. The Hall–Kier alpha value is -0.810. The van der Waals surface area contributed by atoms with Crippen LogP contribution in [0.4, 0.5) is 3.89 Å². The molecule has 1 aromatic rings. The average Bonchev–Trinajstić information content (AvgIpc) is 2.07. The quantitative estimate of drug-likeness (QED) is 0.743. The minimum absolute atomic E-state index is 0.146. The molecule has 6 heteroatoms. The van der Waals surface area contributed by atoms with Gasteiger partial charge in [-0.25, -0.2) is 0 Å². The highest BCUT2D eigenvalue weighted by atomic mass is 35.5. The second kappa shape index (κ2) is 3.74. The molecule has 1 aromatic carbocycles. The van der Waals surface area contributed by atoms with E-state index in [2.05, 4.69) is 0 Å². The van der Waals surface area contributed by atoms with Crippen molar-refractivity contribution in [2.75, 3.05) is 7.11 Å². The first-order valence-electron chi connectivity index (χ1n) is 3.65. The molecular formula is C8H8ClFO3S. The monoisotopic (exact) mass is 238 g/mol. The lowest BCUT2D eigenvalue weighted by molar-refractivity contribution is 0.411. The van der Waals surface area contributed by atoms with Gasteiger partial charge in [-0.2, -0.15) is 8.42 Å². The predicted octanol–water partition coefficient (Wildman–Crippen LogP) is 2.32. The Kier molecular flexibility index (Phi) is 3.01. The van der Waals surface area contributed by atoms with Crippen molar-refractivity contribution in [1.82, 2.24) is 0 Å². The van der Waals surface area contributed by atoms with Gasteiger partial charge in [-0.3, -0.25) is 0 Å². The van der Waals surface area contributed by atoms with Gasteiger partial charge in [0.25, 0.3) is 0 Å². The van der Waals surface area contributed by atoms with Gasteiger partial charge in [0.1, 0.15) is 10.6 Å². The lowest BCUT2D eigenvalue weighted by atomic mass is 10.2. The molecule has 0 heterocycles. The molecule has 0 unspecified atom stereocenters. The highest BCUT2D eigenvalue weighted by molar-refractivity contribution is 7.86. The van der Waals surface area contributed by atoms with Crippen molar-refractivity contribution < 1.29 is 17.0 Å². The van der Waals surface area contributed by atoms with Crippen LogP contribution in [0.5, 0.6) is 5.75 Å². The maximum atomic E-state index is 12.6. The molecule has 0 aliphatic heterocycles. The third-order valence-corrected chi connectivity index (χ3v) is 3.25. The SMILES string of the molecule is COc1ccc(S(=O)(=O)F)c(Cl)c1C. The van der Waals surface area contributed by atoms with Gasteiger partial charge in [0.05, 0.1) is 12.1 Å². The molecule has 1 rings (SSSR count). The second-order valence-corrected chi connectivity index (χ2v) is 4.34. The number of methoxy groups -OCH3 is 1. The van der Waals surface area contributed by atoms with E-state index in [1.165, 1.54) is 13.2 Å². The molecule has 0 radical (unpaired) electrons. The Morgan fingerprint density at radius 3 is 2.43 bits per heavy atom. The zero-order valence-corrected chi connectivity index (χ0v) is 9.12. The minimum atomic E-state index is -4.77. The van der Waals surface area contributed by atoms with Gasteiger partial charge in [-0.05, 0) is 19.1 Å². The summed E-state index contributed by atoms with van der Waals surface area (Å²) in [6.45, 7) is 1.55. The van der Waals surface area contributed by atoms with Gasteiger partial charge in [-0.1, -0.05) is 11.6 Å². The van der Waals surface area contributed by atoms with Gasteiger partial charge in [0.15, 0.2) is 0 Å². The van der Waals surface area contributed by atoms with Crippen LogP contribution in [0.15, 0.2) is 17.0 Å². The molecule has 0 N–H and O–H groups in total. The molecule has 0 aromatic heterocycles. The van der Waals surface area contributed by atoms with E-state index in [-0.39, 0.29) is 5.02 Å². The average molecular weight is 239 g/mol. The molecule has 14 heavy (non-hydrogen) atoms. The van der Waals surface area contributed by atoms with Crippen molar-refractivity contribution in [3.63, 3.8) is 0 Å². The van der Waals surface area contributed by atoms with Crippen molar-refractivity contribution in [2.45, 2.75) is 11.8 Å². The fourth-order valence-corrected chi connectivity index (χ4v) is 2.08. The standard InChI is InChI=1S/C8H8ClFO3S/c1-5-6(13-2)3-4-7(8(5)9)14(10,11)12/h3-4H,1-2H3. The molecule has 0 bridgehead atoms. The lowest BCUT2D eigenvalue weighted by Gasteiger charge is -2.07. The van der Waals surface area contributed by atoms with E-state index < -0.39 is 15.1 Å². The van der Waals surface area contributed by atoms with Gasteiger partial charge in [-0.15, -0.1) is 3.89 Å². The van der Waals surface area contributed by atoms with Crippen LogP contribution in [0.2, 0.25) is 5.02 Å². The van der Waals surface area contributed by atoms with Crippen LogP contribution in [0, 0.1) is 6.92 Å². The highest BCUT2D eigenvalue weighted by Crippen LogP contribution is 2.32. The molecular weight excluding hydrogens is 231 g/mol. The van der Waals surface area contributed by atoms with Gasteiger partial charge >= 0.3 is 10.2 Å². The molecule has 0 spiro atoms. The second-order valence-electron chi connectivity index (χ2n) is 2.64. The van der Waals surface area contributed by atoms with Crippen LogP contribution in [-0.2, 0) is 10.2 Å². The summed E-state index contributed by atoms with van der Waals surface area (Å²) in [5.41, 5.74) is 0.396. The van der Waals surface area contributed by atoms with E-state index in [4.69, 9.17) is 16.3 Å². The Labute approximate surface area is 86.7 Å². The maximum absolute atomic E-state index is 12.6. The smallest absolute Gasteiger partial charge is 0.333 e. The molecule has 0 amide bonds. The molecule has 0 saturated heterocycles. The number of hydrogen-bond acceptors (Lipinski definition) is 3. The van der Waals surface area contributed by atoms with E-state index >= 15 is 0 Å². The van der Waals surface area contributed by atoms with Crippen LogP contribution in [-0.4, -0.2) is 15.5 Å². The Morgan fingerprint density at radius 1 is 1.43 bits per heavy atom. The fourth-order valence-electron chi connectivity index (χ4n) is 1.05. The summed E-state index contributed by atoms with van der Waals surface area (Å²) in [6, 6.07) is 2.43. The Morgan fingerprint density at radius 2 is 2.00 bits per heavy atom. The van der Waals surface area contributed by atoms with Crippen molar-refractivity contribution >= 4 is 21.8 Å². The van der Waals surface area contributed by atoms with E-state index in [0.29, 0.717) is 11.3 Å². The molecule has 0 fully saturated rings. The Balaban J connectivity index is 3.47. The number of rotatable bonds is 2. The van der Waals surface area contributed by atoms with Gasteiger partial charge < -0.3 is 4.74 Å². The summed E-state index contributed by atoms with van der Waals surface area (Å²) >= 11 is 5.66. The third-order valence-electron chi connectivity index (χ3n) is 1.78. The molecule has 78 valence electrons. The lowest BCUT2D eigenvalue weighted by Crippen LogP contribution is -1.96. The first kappa shape index (κ1) is 11.3. The topological polar surface area (TPSA) is 43.4 Å². The molecule has 0 atom stereocenters. The van der Waals surface area contributed by atoms with Crippen molar-refractivity contribution in [2.24, 2.45) is 0 Å². The summed E-state index contributed by atoms with van der Waals surface area (Å²) in [5, 5.41) is -0.146. The van der Waals surface area contributed by atoms with E-state index in [0.717, 1.165) is 6.07 Å². The first-order valence-corrected chi connectivity index (χ1v) is 5.42.